The molecular formula is C29H25ClN4O2S. The van der Waals surface area contributed by atoms with E-state index in [1.807, 2.05) is 68.4 Å². The van der Waals surface area contributed by atoms with Crippen molar-refractivity contribution in [3.05, 3.63) is 118 Å². The second-order valence-corrected chi connectivity index (χ2v) is 10.3. The molecule has 1 atom stereocenters. The summed E-state index contributed by atoms with van der Waals surface area (Å²) in [4.78, 5) is 31.4. The molecule has 2 heterocycles. The third-order valence-corrected chi connectivity index (χ3v) is 7.43. The van der Waals surface area contributed by atoms with E-state index in [0.29, 0.717) is 33.4 Å². The largest absolute Gasteiger partial charge is 0.323 e. The Morgan fingerprint density at radius 2 is 1.65 bits per heavy atom. The maximum Gasteiger partial charge on any atom is 0.323 e. The first-order chi connectivity index (χ1) is 17.9. The molecule has 2 aliphatic heterocycles. The van der Waals surface area contributed by atoms with E-state index in [-0.39, 0.29) is 17.9 Å². The molecule has 3 aromatic rings. The monoisotopic (exact) mass is 528 g/mol. The smallest absolute Gasteiger partial charge is 0.322 e. The highest BCUT2D eigenvalue weighted by Crippen LogP contribution is 2.45. The number of nitrogens with zero attached hydrogens (tertiary/aromatic N) is 1. The van der Waals surface area contributed by atoms with Gasteiger partial charge in [0.2, 0.25) is 0 Å². The highest BCUT2D eigenvalue weighted by molar-refractivity contribution is 8.15. The lowest BCUT2D eigenvalue weighted by Crippen LogP contribution is -2.32. The van der Waals surface area contributed by atoms with Crippen LogP contribution in [0, 0.1) is 6.92 Å². The number of hydrogen-bond donors (Lipinski definition) is 3. The number of urea groups is 1. The molecule has 0 spiro atoms. The van der Waals surface area contributed by atoms with Gasteiger partial charge in [-0.3, -0.25) is 4.79 Å². The van der Waals surface area contributed by atoms with Crippen molar-refractivity contribution in [1.82, 2.24) is 5.32 Å². The highest BCUT2D eigenvalue weighted by atomic mass is 35.5. The SMILES string of the molecule is CC1=C(C(=O)Nc2ccc(Cl)cc2)C(c2ccccc2)C2=C(NC(=O)Nc3cccc(C)c3)CSC2=N1. The minimum Gasteiger partial charge on any atom is -0.322 e. The summed E-state index contributed by atoms with van der Waals surface area (Å²) >= 11 is 7.57. The van der Waals surface area contributed by atoms with Crippen molar-refractivity contribution in [2.24, 2.45) is 4.99 Å². The fourth-order valence-electron chi connectivity index (χ4n) is 4.51. The van der Waals surface area contributed by atoms with E-state index in [2.05, 4.69) is 16.0 Å². The molecule has 3 amide bonds. The molecule has 3 N–H and O–H groups in total. The number of hydrogen-bond acceptors (Lipinski definition) is 4. The van der Waals surface area contributed by atoms with Crippen LogP contribution in [0.3, 0.4) is 0 Å². The Labute approximate surface area is 224 Å². The van der Waals surface area contributed by atoms with E-state index < -0.39 is 0 Å². The van der Waals surface area contributed by atoms with Crippen LogP contribution in [0.5, 0.6) is 0 Å². The first-order valence-electron chi connectivity index (χ1n) is 11.8. The number of aliphatic imine (C=N–C) groups is 1. The second-order valence-electron chi connectivity index (χ2n) is 8.85. The standard InChI is InChI=1S/C29H25ClN4O2S/c1-17-7-6-10-22(15-17)33-29(36)34-23-16-37-28-26(23)25(19-8-4-3-5-9-19)24(18(2)31-28)27(35)32-21-13-11-20(30)12-14-21/h3-15,25H,16H2,1-2H3,(H,32,35)(H2,33,34,36). The van der Waals surface area contributed by atoms with E-state index in [0.717, 1.165) is 27.4 Å². The first kappa shape index (κ1) is 24.9. The minimum absolute atomic E-state index is 0.246. The van der Waals surface area contributed by atoms with Crippen molar-refractivity contribution >= 4 is 51.7 Å². The molecule has 186 valence electrons. The second kappa shape index (κ2) is 10.7. The third kappa shape index (κ3) is 5.48. The zero-order chi connectivity index (χ0) is 25.9. The van der Waals surface area contributed by atoms with Crippen molar-refractivity contribution in [1.29, 1.82) is 0 Å². The fourth-order valence-corrected chi connectivity index (χ4v) is 5.75. The number of nitrogens with one attached hydrogen (secondary N) is 3. The van der Waals surface area contributed by atoms with Crippen molar-refractivity contribution in [2.75, 3.05) is 16.4 Å². The van der Waals surface area contributed by atoms with Crippen LogP contribution in [-0.4, -0.2) is 22.7 Å². The maximum absolute atomic E-state index is 13.6. The van der Waals surface area contributed by atoms with E-state index in [9.17, 15) is 9.59 Å². The van der Waals surface area contributed by atoms with Crippen molar-refractivity contribution in [3.8, 4) is 0 Å². The molecule has 3 aromatic carbocycles. The van der Waals surface area contributed by atoms with Crippen LogP contribution < -0.4 is 16.0 Å². The van der Waals surface area contributed by atoms with Crippen LogP contribution >= 0.6 is 23.4 Å². The van der Waals surface area contributed by atoms with Crippen molar-refractivity contribution < 1.29 is 9.59 Å². The van der Waals surface area contributed by atoms with Gasteiger partial charge in [-0.25, -0.2) is 9.79 Å². The molecule has 0 saturated carbocycles. The predicted molar refractivity (Wildman–Crippen MR) is 152 cm³/mol. The van der Waals surface area contributed by atoms with Crippen LogP contribution in [0.2, 0.25) is 5.02 Å². The number of allylic oxidation sites excluding steroid dienone is 1. The van der Waals surface area contributed by atoms with Gasteiger partial charge in [0.25, 0.3) is 5.91 Å². The van der Waals surface area contributed by atoms with Gasteiger partial charge in [0.15, 0.2) is 0 Å². The van der Waals surface area contributed by atoms with E-state index in [1.54, 1.807) is 36.0 Å². The van der Waals surface area contributed by atoms with Gasteiger partial charge in [-0.2, -0.15) is 0 Å². The molecule has 0 bridgehead atoms. The first-order valence-corrected chi connectivity index (χ1v) is 13.2. The molecule has 5 rings (SSSR count). The van der Waals surface area contributed by atoms with Crippen LogP contribution in [0.4, 0.5) is 16.2 Å². The summed E-state index contributed by atoms with van der Waals surface area (Å²) in [5, 5.41) is 10.3. The molecule has 37 heavy (non-hydrogen) atoms. The number of aryl methyl sites for hydroxylation is 1. The number of thioether (sulfide) groups is 1. The molecule has 2 aliphatic rings. The third-order valence-electron chi connectivity index (χ3n) is 6.17. The molecule has 0 fully saturated rings. The zero-order valence-electron chi connectivity index (χ0n) is 20.3. The van der Waals surface area contributed by atoms with Gasteiger partial charge in [-0.05, 0) is 61.4 Å². The molecular weight excluding hydrogens is 504 g/mol. The van der Waals surface area contributed by atoms with E-state index in [4.69, 9.17) is 16.6 Å². The predicted octanol–water partition coefficient (Wildman–Crippen LogP) is 6.88. The molecule has 1 unspecified atom stereocenters. The van der Waals surface area contributed by atoms with Crippen LogP contribution in [-0.2, 0) is 4.79 Å². The number of halogens is 1. The Morgan fingerprint density at radius 1 is 0.892 bits per heavy atom. The average Bonchev–Trinajstić information content (AvgIpc) is 3.26. The van der Waals surface area contributed by atoms with Gasteiger partial charge in [0.05, 0.1) is 5.57 Å². The lowest BCUT2D eigenvalue weighted by molar-refractivity contribution is -0.113. The quantitative estimate of drug-likeness (QED) is 0.337. The number of rotatable bonds is 5. The Bertz CT molecular complexity index is 1460. The summed E-state index contributed by atoms with van der Waals surface area (Å²) in [5.74, 6) is -0.0762. The number of anilines is 2. The number of amides is 3. The van der Waals surface area contributed by atoms with Gasteiger partial charge in [0.1, 0.15) is 5.04 Å². The highest BCUT2D eigenvalue weighted by Gasteiger charge is 2.39. The fraction of sp³-hybridized carbons (Fsp3) is 0.138. The average molecular weight is 529 g/mol. The summed E-state index contributed by atoms with van der Waals surface area (Å²) < 4.78 is 0. The Balaban J connectivity index is 1.50. The van der Waals surface area contributed by atoms with E-state index >= 15 is 0 Å². The van der Waals surface area contributed by atoms with Crippen molar-refractivity contribution in [2.45, 2.75) is 19.8 Å². The molecule has 0 aliphatic carbocycles. The number of fused-ring (bicyclic) bond motifs is 1. The molecule has 0 saturated heterocycles. The topological polar surface area (TPSA) is 82.6 Å². The Hall–Kier alpha value is -3.81. The lowest BCUT2D eigenvalue weighted by Gasteiger charge is -2.28. The summed E-state index contributed by atoms with van der Waals surface area (Å²) in [6, 6.07) is 24.1. The number of carbonyl (C=O) groups is 2. The number of benzene rings is 3. The van der Waals surface area contributed by atoms with Crippen LogP contribution in [0.1, 0.15) is 24.0 Å². The van der Waals surface area contributed by atoms with Crippen LogP contribution in [0.15, 0.2) is 106 Å². The van der Waals surface area contributed by atoms with Gasteiger partial charge in [-0.15, -0.1) is 0 Å². The molecule has 0 radical (unpaired) electrons. The zero-order valence-corrected chi connectivity index (χ0v) is 21.9. The molecule has 8 heteroatoms. The van der Waals surface area contributed by atoms with Crippen molar-refractivity contribution in [3.63, 3.8) is 0 Å². The lowest BCUT2D eigenvalue weighted by atomic mass is 9.81. The van der Waals surface area contributed by atoms with Gasteiger partial charge >= 0.3 is 6.03 Å². The summed E-state index contributed by atoms with van der Waals surface area (Å²) in [6.45, 7) is 3.83. The number of carbonyl (C=O) groups excluding carboxylic acids is 2. The maximum atomic E-state index is 13.6. The minimum atomic E-state index is -0.384. The summed E-state index contributed by atoms with van der Waals surface area (Å²) in [6.07, 6.45) is 0. The summed E-state index contributed by atoms with van der Waals surface area (Å²) in [5.41, 5.74) is 6.14. The Kier molecular flexibility index (Phi) is 7.17. The Morgan fingerprint density at radius 3 is 2.38 bits per heavy atom. The molecule has 6 nitrogen and oxygen atoms in total. The molecule has 0 aromatic heterocycles. The van der Waals surface area contributed by atoms with E-state index in [1.165, 1.54) is 0 Å². The van der Waals surface area contributed by atoms with Gasteiger partial charge in [0, 0.05) is 45.0 Å². The van der Waals surface area contributed by atoms with Gasteiger partial charge in [-0.1, -0.05) is 65.8 Å². The normalized spacial score (nSPS) is 16.7. The van der Waals surface area contributed by atoms with Crippen LogP contribution in [0.25, 0.3) is 0 Å². The summed E-state index contributed by atoms with van der Waals surface area (Å²) in [7, 11) is 0. The van der Waals surface area contributed by atoms with Gasteiger partial charge < -0.3 is 16.0 Å².